The molecule has 1 N–H and O–H groups in total. The molecule has 2 rings (SSSR count). The second kappa shape index (κ2) is 5.72. The van der Waals surface area contributed by atoms with Gasteiger partial charge in [-0.2, -0.15) is 0 Å². The maximum Gasteiger partial charge on any atom is 0.251 e. The summed E-state index contributed by atoms with van der Waals surface area (Å²) in [4.78, 5) is 17.3. The smallest absolute Gasteiger partial charge is 0.251 e. The van der Waals surface area contributed by atoms with Gasteiger partial charge in [-0.05, 0) is 24.6 Å². The van der Waals surface area contributed by atoms with E-state index in [4.69, 9.17) is 0 Å². The minimum Gasteiger partial charge on any atom is -0.372 e. The molecule has 1 aromatic heterocycles. The Kier molecular flexibility index (Phi) is 4.16. The third kappa shape index (κ3) is 3.15. The minimum atomic E-state index is -0.393. The van der Waals surface area contributed by atoms with Gasteiger partial charge in [-0.25, -0.2) is 4.39 Å². The fourth-order valence-corrected chi connectivity index (χ4v) is 2.71. The van der Waals surface area contributed by atoms with Crippen LogP contribution in [0.25, 0.3) is 0 Å². The third-order valence-corrected chi connectivity index (χ3v) is 3.74. The normalized spacial score (nSPS) is 17.3. The van der Waals surface area contributed by atoms with Gasteiger partial charge in [0.05, 0.1) is 5.69 Å². The Hall–Kier alpha value is -2.10. The Balaban J connectivity index is 2.26. The van der Waals surface area contributed by atoms with Crippen LogP contribution in [0.5, 0.6) is 0 Å². The van der Waals surface area contributed by atoms with Crippen LogP contribution in [-0.4, -0.2) is 18.6 Å². The molecule has 0 amide bonds. The molecule has 0 unspecified atom stereocenters. The lowest BCUT2D eigenvalue weighted by Crippen LogP contribution is -2.26. The van der Waals surface area contributed by atoms with Crippen molar-refractivity contribution < 1.29 is 4.39 Å². The Morgan fingerprint density at radius 3 is 2.95 bits per heavy atom. The van der Waals surface area contributed by atoms with Crippen LogP contribution >= 0.6 is 0 Å². The number of halogens is 1. The average molecular weight is 288 g/mol. The van der Waals surface area contributed by atoms with Crippen LogP contribution in [-0.2, 0) is 11.8 Å². The van der Waals surface area contributed by atoms with Crippen LogP contribution in [0.4, 0.5) is 10.1 Å². The van der Waals surface area contributed by atoms with E-state index in [1.54, 1.807) is 12.2 Å². The quantitative estimate of drug-likeness (QED) is 0.863. The lowest BCUT2D eigenvalue weighted by atomic mass is 9.91. The van der Waals surface area contributed by atoms with E-state index in [0.29, 0.717) is 12.0 Å². The van der Waals surface area contributed by atoms with Crippen molar-refractivity contribution in [3.05, 3.63) is 64.4 Å². The first-order valence-corrected chi connectivity index (χ1v) is 6.98. The van der Waals surface area contributed by atoms with Crippen molar-refractivity contribution in [2.24, 2.45) is 0 Å². The number of anilines is 1. The highest BCUT2D eigenvalue weighted by Gasteiger charge is 2.34. The van der Waals surface area contributed by atoms with E-state index in [-0.39, 0.29) is 11.0 Å². The van der Waals surface area contributed by atoms with Gasteiger partial charge in [-0.3, -0.25) is 4.79 Å². The molecule has 1 aliphatic rings. The number of nitrogens with zero attached hydrogens (tertiary/aromatic N) is 1. The summed E-state index contributed by atoms with van der Waals surface area (Å²) in [6.45, 7) is 8.45. The van der Waals surface area contributed by atoms with Crippen molar-refractivity contribution in [1.82, 2.24) is 4.98 Å². The monoisotopic (exact) mass is 288 g/mol. The molecular formula is C17H21FN2O. The minimum absolute atomic E-state index is 0.0482. The van der Waals surface area contributed by atoms with Crippen molar-refractivity contribution in [3.8, 4) is 0 Å². The number of allylic oxidation sites excluding steroid dienone is 5. The molecule has 0 fully saturated rings. The summed E-state index contributed by atoms with van der Waals surface area (Å²) in [7, 11) is 2.02. The number of aromatic nitrogens is 1. The van der Waals surface area contributed by atoms with Gasteiger partial charge < -0.3 is 9.88 Å². The number of rotatable bonds is 4. The predicted octanol–water partition coefficient (Wildman–Crippen LogP) is 3.24. The molecule has 0 spiro atoms. The van der Waals surface area contributed by atoms with E-state index in [1.807, 2.05) is 13.1 Å². The zero-order valence-corrected chi connectivity index (χ0v) is 12.7. The van der Waals surface area contributed by atoms with Crippen LogP contribution < -0.4 is 10.5 Å². The van der Waals surface area contributed by atoms with E-state index >= 15 is 0 Å². The lowest BCUT2D eigenvalue weighted by molar-refractivity contribution is 0.547. The molecule has 0 bridgehead atoms. The predicted molar refractivity (Wildman–Crippen MR) is 85.6 cm³/mol. The number of aromatic amines is 1. The summed E-state index contributed by atoms with van der Waals surface area (Å²) in [5.74, 6) is -0.393. The molecular weight excluding hydrogens is 267 g/mol. The molecule has 0 radical (unpaired) electrons. The first-order valence-electron chi connectivity index (χ1n) is 6.98. The first kappa shape index (κ1) is 15.3. The zero-order chi connectivity index (χ0) is 15.6. The number of H-pyrrole nitrogens is 1. The highest BCUT2D eigenvalue weighted by atomic mass is 19.1. The fourth-order valence-electron chi connectivity index (χ4n) is 2.71. The van der Waals surface area contributed by atoms with Crippen LogP contribution in [0, 0.1) is 0 Å². The Bertz CT molecular complexity index is 668. The lowest BCUT2D eigenvalue weighted by Gasteiger charge is -2.17. The van der Waals surface area contributed by atoms with Crippen molar-refractivity contribution >= 4 is 5.69 Å². The maximum atomic E-state index is 12.9. The molecule has 112 valence electrons. The Morgan fingerprint density at radius 1 is 1.57 bits per heavy atom. The number of fused-ring (bicyclic) bond motifs is 1. The van der Waals surface area contributed by atoms with E-state index in [9.17, 15) is 9.18 Å². The third-order valence-electron chi connectivity index (χ3n) is 3.74. The fraction of sp³-hybridized carbons (Fsp3) is 0.353. The molecule has 1 aromatic rings. The van der Waals surface area contributed by atoms with Crippen molar-refractivity contribution in [2.75, 3.05) is 18.5 Å². The first-order chi connectivity index (χ1) is 9.85. The number of hydrogen-bond acceptors (Lipinski definition) is 2. The molecule has 4 heteroatoms. The van der Waals surface area contributed by atoms with Crippen LogP contribution in [0.15, 0.2) is 47.6 Å². The van der Waals surface area contributed by atoms with Crippen molar-refractivity contribution in [2.45, 2.75) is 25.7 Å². The van der Waals surface area contributed by atoms with Crippen molar-refractivity contribution in [3.63, 3.8) is 0 Å². The van der Waals surface area contributed by atoms with Gasteiger partial charge in [-0.1, -0.05) is 32.6 Å². The van der Waals surface area contributed by atoms with Crippen LogP contribution in [0.2, 0.25) is 0 Å². The highest BCUT2D eigenvalue weighted by molar-refractivity contribution is 5.59. The summed E-state index contributed by atoms with van der Waals surface area (Å²) in [5, 5.41) is 0. The summed E-state index contributed by atoms with van der Waals surface area (Å²) in [6, 6.07) is 1.93. The number of hydrogen-bond donors (Lipinski definition) is 1. The standard InChI is InChI=1S/C17H21FN2O/c1-5-13(18)9-7-6-8-12-10-14-15(19-16(12)21)17(2,3)11-20(14)4/h5-7,9-10H,1,8,11H2,2-4H3,(H,19,21)/b7-6+,13-9+. The molecule has 0 saturated carbocycles. The van der Waals surface area contributed by atoms with Gasteiger partial charge in [0, 0.05) is 30.3 Å². The summed E-state index contributed by atoms with van der Waals surface area (Å²) >= 11 is 0. The number of pyridine rings is 1. The molecule has 0 saturated heterocycles. The number of likely N-dealkylation sites (N-methyl/N-ethyl adjacent to an activating group) is 1. The van der Waals surface area contributed by atoms with Crippen LogP contribution in [0.1, 0.15) is 25.1 Å². The topological polar surface area (TPSA) is 36.1 Å². The second-order valence-corrected chi connectivity index (χ2v) is 6.01. The van der Waals surface area contributed by atoms with Gasteiger partial charge in [0.1, 0.15) is 5.83 Å². The maximum absolute atomic E-state index is 12.9. The summed E-state index contributed by atoms with van der Waals surface area (Å²) < 4.78 is 12.9. The molecule has 2 heterocycles. The molecule has 0 aliphatic carbocycles. The van der Waals surface area contributed by atoms with Gasteiger partial charge in [0.2, 0.25) is 0 Å². The SMILES string of the molecule is C=C/C(F)=C\C=C\Cc1cc2c([nH]c1=O)C(C)(C)CN2C. The van der Waals surface area contributed by atoms with E-state index in [0.717, 1.165) is 24.0 Å². The summed E-state index contributed by atoms with van der Waals surface area (Å²) in [6.07, 6.45) is 6.29. The second-order valence-electron chi connectivity index (χ2n) is 6.01. The molecule has 0 atom stereocenters. The Morgan fingerprint density at radius 2 is 2.29 bits per heavy atom. The average Bonchev–Trinajstić information content (AvgIpc) is 2.64. The van der Waals surface area contributed by atoms with Crippen LogP contribution in [0.3, 0.4) is 0 Å². The molecule has 3 nitrogen and oxygen atoms in total. The van der Waals surface area contributed by atoms with Gasteiger partial charge in [-0.15, -0.1) is 0 Å². The molecule has 0 aromatic carbocycles. The van der Waals surface area contributed by atoms with Gasteiger partial charge in [0.15, 0.2) is 0 Å². The van der Waals surface area contributed by atoms with E-state index in [1.165, 1.54) is 6.08 Å². The van der Waals surface area contributed by atoms with Gasteiger partial charge in [0.25, 0.3) is 5.56 Å². The zero-order valence-electron chi connectivity index (χ0n) is 12.7. The van der Waals surface area contributed by atoms with E-state index in [2.05, 4.69) is 30.3 Å². The van der Waals surface area contributed by atoms with Crippen molar-refractivity contribution in [1.29, 1.82) is 0 Å². The van der Waals surface area contributed by atoms with E-state index < -0.39 is 5.83 Å². The van der Waals surface area contributed by atoms with Gasteiger partial charge >= 0.3 is 0 Å². The largest absolute Gasteiger partial charge is 0.372 e. The Labute approximate surface area is 124 Å². The molecule has 1 aliphatic heterocycles. The highest BCUT2D eigenvalue weighted by Crippen LogP contribution is 2.37. The summed E-state index contributed by atoms with van der Waals surface area (Å²) in [5.41, 5.74) is 2.61. The number of nitrogens with one attached hydrogen (secondary N) is 1. The molecule has 21 heavy (non-hydrogen) atoms.